The molecular formula is C18H24N4O3. The van der Waals surface area contributed by atoms with Gasteiger partial charge in [-0.1, -0.05) is 0 Å². The molecule has 25 heavy (non-hydrogen) atoms. The fraction of sp³-hybridized carbons (Fsp3) is 0.611. The number of carbonyl (C=O) groups is 2. The Kier molecular flexibility index (Phi) is 3.81. The number of aryl methyl sites for hydroxylation is 1. The molecule has 0 spiro atoms. The Morgan fingerprint density at radius 3 is 2.48 bits per heavy atom. The Morgan fingerprint density at radius 2 is 1.88 bits per heavy atom. The molecule has 2 fully saturated rings. The van der Waals surface area contributed by atoms with Gasteiger partial charge in [0, 0.05) is 31.2 Å². The van der Waals surface area contributed by atoms with Crippen LogP contribution < -0.4 is 0 Å². The van der Waals surface area contributed by atoms with Gasteiger partial charge in [0.2, 0.25) is 5.91 Å². The van der Waals surface area contributed by atoms with Gasteiger partial charge >= 0.3 is 6.09 Å². The van der Waals surface area contributed by atoms with Gasteiger partial charge in [0.1, 0.15) is 5.82 Å². The number of hydrogen-bond acceptors (Lipinski definition) is 4. The summed E-state index contributed by atoms with van der Waals surface area (Å²) in [5.41, 5.74) is 1.99. The molecule has 3 aliphatic rings. The van der Waals surface area contributed by atoms with Crippen LogP contribution in [-0.2, 0) is 16.1 Å². The lowest BCUT2D eigenvalue weighted by molar-refractivity contribution is -0.133. The molecule has 1 aromatic rings. The first-order valence-corrected chi connectivity index (χ1v) is 8.89. The topological polar surface area (TPSA) is 67.7 Å². The Hall–Kier alpha value is -2.31. The molecule has 0 aliphatic carbocycles. The predicted molar refractivity (Wildman–Crippen MR) is 91.5 cm³/mol. The number of rotatable bonds is 1. The van der Waals surface area contributed by atoms with Crippen molar-refractivity contribution < 1.29 is 14.3 Å². The summed E-state index contributed by atoms with van der Waals surface area (Å²) in [5, 5.41) is 0. The normalized spacial score (nSPS) is 27.4. The number of hydrogen-bond donors (Lipinski definition) is 0. The van der Waals surface area contributed by atoms with Crippen molar-refractivity contribution in [2.45, 2.75) is 64.2 Å². The van der Waals surface area contributed by atoms with Gasteiger partial charge < -0.3 is 14.2 Å². The van der Waals surface area contributed by atoms with E-state index < -0.39 is 0 Å². The maximum absolute atomic E-state index is 11.9. The molecule has 0 radical (unpaired) electrons. The van der Waals surface area contributed by atoms with Crippen LogP contribution in [0.3, 0.4) is 0 Å². The molecule has 2 atom stereocenters. The molecule has 3 aliphatic heterocycles. The van der Waals surface area contributed by atoms with E-state index in [1.807, 2.05) is 13.0 Å². The Bertz CT molecular complexity index is 740. The van der Waals surface area contributed by atoms with Gasteiger partial charge in [0.15, 0.2) is 0 Å². The van der Waals surface area contributed by atoms with Gasteiger partial charge in [-0.05, 0) is 38.7 Å². The first kappa shape index (κ1) is 16.2. The monoisotopic (exact) mass is 344 g/mol. The summed E-state index contributed by atoms with van der Waals surface area (Å²) >= 11 is 0. The summed E-state index contributed by atoms with van der Waals surface area (Å²) in [6, 6.07) is 0.986. The van der Waals surface area contributed by atoms with E-state index in [0.717, 1.165) is 42.9 Å². The van der Waals surface area contributed by atoms with Gasteiger partial charge in [0.05, 0.1) is 25.0 Å². The van der Waals surface area contributed by atoms with Crippen molar-refractivity contribution in [2.24, 2.45) is 0 Å². The Balaban J connectivity index is 1.63. The number of methoxy groups -OCH3 is 1. The second-order valence-corrected chi connectivity index (χ2v) is 7.21. The third-order valence-electron chi connectivity index (χ3n) is 5.80. The van der Waals surface area contributed by atoms with Crippen molar-refractivity contribution in [2.75, 3.05) is 7.11 Å². The molecule has 1 aromatic heterocycles. The number of piperidine rings is 1. The molecule has 2 bridgehead atoms. The van der Waals surface area contributed by atoms with Crippen molar-refractivity contribution in [1.82, 2.24) is 19.4 Å². The molecule has 2 saturated heterocycles. The van der Waals surface area contributed by atoms with Gasteiger partial charge in [-0.25, -0.2) is 9.78 Å². The van der Waals surface area contributed by atoms with Crippen molar-refractivity contribution in [3.8, 4) is 0 Å². The van der Waals surface area contributed by atoms with Crippen LogP contribution >= 0.6 is 0 Å². The second-order valence-electron chi connectivity index (χ2n) is 7.21. The molecule has 0 N–H and O–H groups in total. The molecule has 7 nitrogen and oxygen atoms in total. The zero-order valence-corrected chi connectivity index (χ0v) is 14.9. The van der Waals surface area contributed by atoms with E-state index in [9.17, 15) is 9.59 Å². The van der Waals surface area contributed by atoms with Crippen LogP contribution in [0.2, 0.25) is 0 Å². The van der Waals surface area contributed by atoms with E-state index in [-0.39, 0.29) is 12.0 Å². The maximum atomic E-state index is 11.9. The lowest BCUT2D eigenvalue weighted by atomic mass is 9.96. The van der Waals surface area contributed by atoms with Crippen LogP contribution in [0.25, 0.3) is 6.08 Å². The zero-order valence-electron chi connectivity index (χ0n) is 14.9. The first-order chi connectivity index (χ1) is 12.0. The average Bonchev–Trinajstić information content (AvgIpc) is 3.06. The van der Waals surface area contributed by atoms with E-state index >= 15 is 0 Å². The number of fused-ring (bicyclic) bond motifs is 3. The molecular weight excluding hydrogens is 320 g/mol. The molecule has 7 heteroatoms. The Labute approximate surface area is 147 Å². The van der Waals surface area contributed by atoms with Crippen molar-refractivity contribution >= 4 is 18.1 Å². The number of aromatic nitrogens is 2. The lowest BCUT2D eigenvalue weighted by Gasteiger charge is -2.40. The molecule has 0 aromatic carbocycles. The zero-order chi connectivity index (χ0) is 17.7. The van der Waals surface area contributed by atoms with Crippen LogP contribution in [0.4, 0.5) is 4.79 Å². The highest BCUT2D eigenvalue weighted by Gasteiger charge is 2.43. The molecule has 4 rings (SSSR count). The number of nitrogens with zero attached hydrogens (tertiary/aromatic N) is 4. The smallest absolute Gasteiger partial charge is 0.413 e. The maximum Gasteiger partial charge on any atom is 0.413 e. The summed E-state index contributed by atoms with van der Waals surface area (Å²) in [6.45, 7) is 4.17. The molecule has 134 valence electrons. The van der Waals surface area contributed by atoms with Gasteiger partial charge in [-0.3, -0.25) is 9.69 Å². The van der Waals surface area contributed by atoms with Gasteiger partial charge in [0.25, 0.3) is 0 Å². The van der Waals surface area contributed by atoms with Crippen molar-refractivity contribution in [3.05, 3.63) is 23.4 Å². The third kappa shape index (κ3) is 2.53. The standard InChI is InChI=1S/C18H24N4O3/c1-11-19-16-6-7-20(18(24)25-3)10-17(16)21(11)15-8-13-4-5-14(9-15)22(13)12(2)23/h6-7,13-15H,4-5,8-10H2,1-3H3. The SMILES string of the molecule is COC(=O)N1C=Cc2nc(C)n(C3CC4CCC(C3)N4C(C)=O)c2C1. The second kappa shape index (κ2) is 5.89. The fourth-order valence-electron chi connectivity index (χ4n) is 4.88. The van der Waals surface area contributed by atoms with Crippen LogP contribution in [0, 0.1) is 6.92 Å². The number of amides is 2. The molecule has 0 saturated carbocycles. The summed E-state index contributed by atoms with van der Waals surface area (Å²) in [5.74, 6) is 1.16. The van der Waals surface area contributed by atoms with E-state index in [4.69, 9.17) is 4.74 Å². The third-order valence-corrected chi connectivity index (χ3v) is 5.80. The highest BCUT2D eigenvalue weighted by Crippen LogP contribution is 2.42. The van der Waals surface area contributed by atoms with E-state index in [0.29, 0.717) is 24.7 Å². The summed E-state index contributed by atoms with van der Waals surface area (Å²) in [6.07, 6.45) is 7.34. The number of imidazole rings is 1. The average molecular weight is 344 g/mol. The van der Waals surface area contributed by atoms with Crippen LogP contribution in [0.1, 0.15) is 55.9 Å². The van der Waals surface area contributed by atoms with Gasteiger partial charge in [-0.15, -0.1) is 0 Å². The summed E-state index contributed by atoms with van der Waals surface area (Å²) < 4.78 is 7.13. The van der Waals surface area contributed by atoms with Crippen LogP contribution in [0.5, 0.6) is 0 Å². The highest BCUT2D eigenvalue weighted by atomic mass is 16.5. The minimum Gasteiger partial charge on any atom is -0.452 e. The van der Waals surface area contributed by atoms with Crippen molar-refractivity contribution in [1.29, 1.82) is 0 Å². The minimum absolute atomic E-state index is 0.190. The lowest BCUT2D eigenvalue weighted by Crippen LogP contribution is -2.46. The fourth-order valence-corrected chi connectivity index (χ4v) is 4.88. The number of ether oxygens (including phenoxy) is 1. The highest BCUT2D eigenvalue weighted by molar-refractivity contribution is 5.74. The molecule has 2 unspecified atom stereocenters. The first-order valence-electron chi connectivity index (χ1n) is 8.89. The van der Waals surface area contributed by atoms with E-state index in [1.165, 1.54) is 7.11 Å². The largest absolute Gasteiger partial charge is 0.452 e. The van der Waals surface area contributed by atoms with E-state index in [2.05, 4.69) is 14.5 Å². The van der Waals surface area contributed by atoms with Crippen molar-refractivity contribution in [3.63, 3.8) is 0 Å². The molecule has 4 heterocycles. The minimum atomic E-state index is -0.362. The van der Waals surface area contributed by atoms with Crippen LogP contribution in [0.15, 0.2) is 6.20 Å². The summed E-state index contributed by atoms with van der Waals surface area (Å²) in [4.78, 5) is 32.2. The molecule has 2 amide bonds. The quantitative estimate of drug-likeness (QED) is 0.785. The summed E-state index contributed by atoms with van der Waals surface area (Å²) in [7, 11) is 1.39. The van der Waals surface area contributed by atoms with Crippen LogP contribution in [-0.4, -0.2) is 50.5 Å². The van der Waals surface area contributed by atoms with E-state index in [1.54, 1.807) is 18.0 Å². The van der Waals surface area contributed by atoms with Gasteiger partial charge in [-0.2, -0.15) is 0 Å². The Morgan fingerprint density at radius 1 is 1.20 bits per heavy atom. The number of carbonyl (C=O) groups excluding carboxylic acids is 2. The predicted octanol–water partition coefficient (Wildman–Crippen LogP) is 2.46.